The van der Waals surface area contributed by atoms with Gasteiger partial charge in [0.25, 0.3) is 0 Å². The highest BCUT2D eigenvalue weighted by Crippen LogP contribution is 2.20. The van der Waals surface area contributed by atoms with E-state index in [-0.39, 0.29) is 24.2 Å². The largest absolute Gasteiger partial charge is 0.343 e. The van der Waals surface area contributed by atoms with E-state index in [9.17, 15) is 9.59 Å². The molecule has 2 atom stereocenters. The summed E-state index contributed by atoms with van der Waals surface area (Å²) in [7, 11) is 1.80. The van der Waals surface area contributed by atoms with Crippen molar-refractivity contribution in [3.8, 4) is 0 Å². The number of carbonyl (C=O) groups is 2. The molecule has 1 aliphatic rings. The number of amides is 2. The monoisotopic (exact) mass is 329 g/mol. The van der Waals surface area contributed by atoms with Gasteiger partial charge in [-0.15, -0.1) is 12.4 Å². The molecule has 7 nitrogen and oxygen atoms in total. The predicted octanol–water partition coefficient (Wildman–Crippen LogP) is 0.437. The van der Waals surface area contributed by atoms with Gasteiger partial charge in [-0.05, 0) is 18.8 Å². The zero-order chi connectivity index (χ0) is 15.6. The first-order valence-electron chi connectivity index (χ1n) is 7.24. The summed E-state index contributed by atoms with van der Waals surface area (Å²) >= 11 is 0. The van der Waals surface area contributed by atoms with E-state index in [2.05, 4.69) is 10.4 Å². The molecule has 0 spiro atoms. The van der Waals surface area contributed by atoms with Crippen molar-refractivity contribution in [1.29, 1.82) is 0 Å². The number of carbonyl (C=O) groups excluding carboxylic acids is 2. The van der Waals surface area contributed by atoms with Gasteiger partial charge in [-0.25, -0.2) is 0 Å². The van der Waals surface area contributed by atoms with Crippen molar-refractivity contribution in [2.24, 2.45) is 18.7 Å². The molecule has 124 valence electrons. The van der Waals surface area contributed by atoms with Crippen LogP contribution in [0.2, 0.25) is 0 Å². The Kier molecular flexibility index (Phi) is 6.37. The average molecular weight is 330 g/mol. The van der Waals surface area contributed by atoms with Crippen LogP contribution in [0.25, 0.3) is 0 Å². The second-order valence-electron chi connectivity index (χ2n) is 5.95. The lowest BCUT2D eigenvalue weighted by Gasteiger charge is -2.18. The fourth-order valence-electron chi connectivity index (χ4n) is 2.51. The molecule has 22 heavy (non-hydrogen) atoms. The topological polar surface area (TPSA) is 93.2 Å². The Hall–Kier alpha value is -1.60. The van der Waals surface area contributed by atoms with Crippen molar-refractivity contribution in [3.63, 3.8) is 0 Å². The van der Waals surface area contributed by atoms with Crippen molar-refractivity contribution in [2.75, 3.05) is 11.4 Å². The van der Waals surface area contributed by atoms with Gasteiger partial charge in [0.15, 0.2) is 0 Å². The Bertz CT molecular complexity index is 531. The highest BCUT2D eigenvalue weighted by molar-refractivity contribution is 6.01. The maximum atomic E-state index is 12.3. The van der Waals surface area contributed by atoms with Gasteiger partial charge in [-0.2, -0.15) is 5.10 Å². The normalized spacial score (nSPS) is 19.2. The van der Waals surface area contributed by atoms with Crippen molar-refractivity contribution in [2.45, 2.75) is 38.8 Å². The zero-order valence-corrected chi connectivity index (χ0v) is 14.0. The lowest BCUT2D eigenvalue weighted by molar-refractivity contribution is -0.127. The first-order chi connectivity index (χ1) is 9.88. The van der Waals surface area contributed by atoms with Crippen LogP contribution in [0.1, 0.15) is 26.7 Å². The lowest BCUT2D eigenvalue weighted by Crippen LogP contribution is -2.48. The van der Waals surface area contributed by atoms with Gasteiger partial charge in [-0.3, -0.25) is 14.3 Å². The first kappa shape index (κ1) is 18.4. The minimum absolute atomic E-state index is 0. The molecule has 0 aromatic carbocycles. The van der Waals surface area contributed by atoms with E-state index >= 15 is 0 Å². The summed E-state index contributed by atoms with van der Waals surface area (Å²) in [5.74, 6) is -0.0138. The van der Waals surface area contributed by atoms with Crippen molar-refractivity contribution in [1.82, 2.24) is 15.1 Å². The third-order valence-corrected chi connectivity index (χ3v) is 3.59. The molecule has 0 bridgehead atoms. The second-order valence-corrected chi connectivity index (χ2v) is 5.95. The highest BCUT2D eigenvalue weighted by Gasteiger charge is 2.34. The number of anilines is 1. The fourth-order valence-corrected chi connectivity index (χ4v) is 2.51. The van der Waals surface area contributed by atoms with Gasteiger partial charge < -0.3 is 16.0 Å². The molecule has 1 aromatic rings. The Labute approximate surface area is 136 Å². The molecule has 1 unspecified atom stereocenters. The lowest BCUT2D eigenvalue weighted by atomic mass is 10.0. The van der Waals surface area contributed by atoms with Gasteiger partial charge in [-0.1, -0.05) is 13.8 Å². The molecule has 1 fully saturated rings. The molecule has 0 aliphatic carbocycles. The maximum Gasteiger partial charge on any atom is 0.249 e. The third-order valence-electron chi connectivity index (χ3n) is 3.59. The second kappa shape index (κ2) is 7.60. The molecular formula is C14H24ClN5O2. The standard InChI is InChI=1S/C14H23N5O2.ClH/c1-9(2)6-11(15)13(20)17-12-4-5-19(14(12)21)10-7-16-18(3)8-10;/h7-9,11-12H,4-6,15H2,1-3H3,(H,17,20);1H/t11-,12?;/m0./s1. The van der Waals surface area contributed by atoms with E-state index in [0.717, 1.165) is 5.69 Å². The van der Waals surface area contributed by atoms with E-state index in [0.29, 0.717) is 25.3 Å². The van der Waals surface area contributed by atoms with Crippen LogP contribution in [0.3, 0.4) is 0 Å². The Balaban J connectivity index is 0.00000242. The SMILES string of the molecule is CC(C)C[C@H](N)C(=O)NC1CCN(c2cnn(C)c2)C1=O.Cl. The maximum absolute atomic E-state index is 12.3. The quantitative estimate of drug-likeness (QED) is 0.819. The zero-order valence-electron chi connectivity index (χ0n) is 13.2. The van der Waals surface area contributed by atoms with Crippen LogP contribution in [0, 0.1) is 5.92 Å². The molecule has 2 heterocycles. The number of hydrogen-bond donors (Lipinski definition) is 2. The molecule has 8 heteroatoms. The molecule has 1 saturated heterocycles. The summed E-state index contributed by atoms with van der Waals surface area (Å²) in [6.07, 6.45) is 4.63. The van der Waals surface area contributed by atoms with Crippen LogP contribution in [0.5, 0.6) is 0 Å². The molecule has 0 radical (unpaired) electrons. The number of rotatable bonds is 5. The molecule has 2 amide bonds. The van der Waals surface area contributed by atoms with E-state index in [1.165, 1.54) is 0 Å². The third kappa shape index (κ3) is 4.20. The first-order valence-corrected chi connectivity index (χ1v) is 7.24. The molecule has 1 aromatic heterocycles. The van der Waals surface area contributed by atoms with E-state index in [4.69, 9.17) is 5.73 Å². The molecule has 1 aliphatic heterocycles. The average Bonchev–Trinajstić information content (AvgIpc) is 2.96. The van der Waals surface area contributed by atoms with Crippen molar-refractivity contribution in [3.05, 3.63) is 12.4 Å². The Morgan fingerprint density at radius 3 is 2.77 bits per heavy atom. The minimum Gasteiger partial charge on any atom is -0.343 e. The molecule has 3 N–H and O–H groups in total. The number of nitrogens with one attached hydrogen (secondary N) is 1. The van der Waals surface area contributed by atoms with E-state index in [1.54, 1.807) is 29.0 Å². The van der Waals surface area contributed by atoms with Gasteiger partial charge in [0.1, 0.15) is 6.04 Å². The highest BCUT2D eigenvalue weighted by atomic mass is 35.5. The number of aromatic nitrogens is 2. The Morgan fingerprint density at radius 2 is 2.23 bits per heavy atom. The number of nitrogens with two attached hydrogens (primary N) is 1. The van der Waals surface area contributed by atoms with Crippen LogP contribution in [-0.2, 0) is 16.6 Å². The van der Waals surface area contributed by atoms with Gasteiger partial charge in [0.2, 0.25) is 11.8 Å². The smallest absolute Gasteiger partial charge is 0.249 e. The van der Waals surface area contributed by atoms with Gasteiger partial charge >= 0.3 is 0 Å². The van der Waals surface area contributed by atoms with Crippen LogP contribution in [0.15, 0.2) is 12.4 Å². The van der Waals surface area contributed by atoms with Gasteiger partial charge in [0.05, 0.1) is 17.9 Å². The Morgan fingerprint density at radius 1 is 1.55 bits per heavy atom. The van der Waals surface area contributed by atoms with Crippen LogP contribution in [0.4, 0.5) is 5.69 Å². The number of halogens is 1. The molecule has 0 saturated carbocycles. The number of hydrogen-bond acceptors (Lipinski definition) is 4. The summed E-state index contributed by atoms with van der Waals surface area (Å²) in [5, 5.41) is 6.82. The van der Waals surface area contributed by atoms with Crippen molar-refractivity contribution >= 4 is 29.9 Å². The number of aryl methyl sites for hydroxylation is 1. The summed E-state index contributed by atoms with van der Waals surface area (Å²) < 4.78 is 1.65. The fraction of sp³-hybridized carbons (Fsp3) is 0.643. The van der Waals surface area contributed by atoms with Crippen LogP contribution >= 0.6 is 12.4 Å². The van der Waals surface area contributed by atoms with Crippen LogP contribution in [-0.4, -0.2) is 40.2 Å². The number of nitrogens with zero attached hydrogens (tertiary/aromatic N) is 3. The van der Waals surface area contributed by atoms with E-state index < -0.39 is 12.1 Å². The minimum atomic E-state index is -0.565. The summed E-state index contributed by atoms with van der Waals surface area (Å²) in [5.41, 5.74) is 6.60. The van der Waals surface area contributed by atoms with E-state index in [1.807, 2.05) is 13.8 Å². The summed E-state index contributed by atoms with van der Waals surface area (Å²) in [6.45, 7) is 4.60. The summed E-state index contributed by atoms with van der Waals surface area (Å²) in [6, 6.07) is -1.05. The molecule has 2 rings (SSSR count). The molecular weight excluding hydrogens is 306 g/mol. The van der Waals surface area contributed by atoms with Crippen molar-refractivity contribution < 1.29 is 9.59 Å². The summed E-state index contributed by atoms with van der Waals surface area (Å²) in [4.78, 5) is 26.0. The predicted molar refractivity (Wildman–Crippen MR) is 86.8 cm³/mol. The van der Waals surface area contributed by atoms with Gasteiger partial charge in [0, 0.05) is 19.8 Å². The van der Waals surface area contributed by atoms with Crippen LogP contribution < -0.4 is 16.0 Å².